The summed E-state index contributed by atoms with van der Waals surface area (Å²) in [6.07, 6.45) is 14.5. The number of hydrogen-bond acceptors (Lipinski definition) is 3. The van der Waals surface area contributed by atoms with Crippen LogP contribution in [-0.2, 0) is 4.79 Å². The number of nitrogens with one attached hydrogen (secondary N) is 2. The SMILES string of the molecule is Cl.Cl.O=C(NCCC1CCCN(C2CCCCCC2)C1)C1CCNCC1. The Balaban J connectivity index is 0.00000169. The summed E-state index contributed by atoms with van der Waals surface area (Å²) in [5, 5.41) is 6.55. The fourth-order valence-electron chi connectivity index (χ4n) is 4.92. The zero-order valence-corrected chi connectivity index (χ0v) is 17.9. The summed E-state index contributed by atoms with van der Waals surface area (Å²) in [6.45, 7) is 5.45. The molecule has 4 nitrogen and oxygen atoms in total. The predicted molar refractivity (Wildman–Crippen MR) is 114 cm³/mol. The summed E-state index contributed by atoms with van der Waals surface area (Å²) in [6, 6.07) is 0.847. The summed E-state index contributed by atoms with van der Waals surface area (Å²) >= 11 is 0. The molecule has 0 bridgehead atoms. The number of carbonyl (C=O) groups excluding carboxylic acids is 1. The summed E-state index contributed by atoms with van der Waals surface area (Å²) in [7, 11) is 0. The van der Waals surface area contributed by atoms with Crippen LogP contribution < -0.4 is 10.6 Å². The van der Waals surface area contributed by atoms with E-state index in [4.69, 9.17) is 0 Å². The molecule has 0 aromatic carbocycles. The Bertz CT molecular complexity index is 383. The van der Waals surface area contributed by atoms with Crippen LogP contribution in [0.5, 0.6) is 0 Å². The number of amides is 1. The van der Waals surface area contributed by atoms with E-state index < -0.39 is 0 Å². The average molecular weight is 408 g/mol. The summed E-state index contributed by atoms with van der Waals surface area (Å²) in [5.41, 5.74) is 0. The van der Waals surface area contributed by atoms with Gasteiger partial charge in [0.15, 0.2) is 0 Å². The molecule has 6 heteroatoms. The van der Waals surface area contributed by atoms with Crippen LogP contribution >= 0.6 is 24.8 Å². The van der Waals surface area contributed by atoms with Crippen molar-refractivity contribution in [3.05, 3.63) is 0 Å². The van der Waals surface area contributed by atoms with E-state index >= 15 is 0 Å². The first-order valence-electron chi connectivity index (χ1n) is 10.6. The molecule has 26 heavy (non-hydrogen) atoms. The molecule has 2 heterocycles. The molecule has 1 atom stereocenters. The van der Waals surface area contributed by atoms with Crippen LogP contribution in [0.4, 0.5) is 0 Å². The lowest BCUT2D eigenvalue weighted by molar-refractivity contribution is -0.125. The first kappa shape index (κ1) is 24.0. The van der Waals surface area contributed by atoms with Crippen molar-refractivity contribution >= 4 is 30.7 Å². The van der Waals surface area contributed by atoms with Gasteiger partial charge < -0.3 is 15.5 Å². The molecule has 0 spiro atoms. The zero-order chi connectivity index (χ0) is 16.6. The van der Waals surface area contributed by atoms with Gasteiger partial charge in [-0.2, -0.15) is 0 Å². The fourth-order valence-corrected chi connectivity index (χ4v) is 4.92. The van der Waals surface area contributed by atoms with Crippen LogP contribution in [0.2, 0.25) is 0 Å². The van der Waals surface area contributed by atoms with Crippen LogP contribution in [0.3, 0.4) is 0 Å². The summed E-state index contributed by atoms with van der Waals surface area (Å²) in [4.78, 5) is 15.0. The average Bonchev–Trinajstić information content (AvgIpc) is 2.92. The van der Waals surface area contributed by atoms with Crippen LogP contribution in [0.25, 0.3) is 0 Å². The minimum absolute atomic E-state index is 0. The van der Waals surface area contributed by atoms with E-state index in [0.29, 0.717) is 5.91 Å². The van der Waals surface area contributed by atoms with E-state index in [-0.39, 0.29) is 30.7 Å². The molecule has 2 aliphatic heterocycles. The molecule has 1 amide bonds. The first-order chi connectivity index (χ1) is 11.8. The van der Waals surface area contributed by atoms with Crippen molar-refractivity contribution in [1.29, 1.82) is 0 Å². The number of nitrogens with zero attached hydrogens (tertiary/aromatic N) is 1. The number of halogens is 2. The van der Waals surface area contributed by atoms with Crippen LogP contribution in [0.15, 0.2) is 0 Å². The second kappa shape index (κ2) is 13.2. The molecule has 0 aromatic heterocycles. The maximum atomic E-state index is 12.2. The minimum Gasteiger partial charge on any atom is -0.356 e. The van der Waals surface area contributed by atoms with Gasteiger partial charge >= 0.3 is 0 Å². The second-order valence-corrected chi connectivity index (χ2v) is 8.25. The number of carbonyl (C=O) groups is 1. The predicted octanol–water partition coefficient (Wildman–Crippen LogP) is 3.77. The van der Waals surface area contributed by atoms with E-state index in [1.807, 2.05) is 0 Å². The van der Waals surface area contributed by atoms with Crippen molar-refractivity contribution in [2.24, 2.45) is 11.8 Å². The molecule has 0 radical (unpaired) electrons. The Morgan fingerprint density at radius 1 is 0.923 bits per heavy atom. The highest BCUT2D eigenvalue weighted by Crippen LogP contribution is 2.27. The lowest BCUT2D eigenvalue weighted by Gasteiger charge is -2.38. The standard InChI is InChI=1S/C20H37N3O.2ClH/c24-20(18-10-12-21-13-11-18)22-14-9-17-6-5-15-23(16-17)19-7-3-1-2-4-8-19;;/h17-19,21H,1-16H2,(H,22,24);2*1H. The van der Waals surface area contributed by atoms with E-state index in [2.05, 4.69) is 15.5 Å². The van der Waals surface area contributed by atoms with Gasteiger partial charge in [0.1, 0.15) is 0 Å². The van der Waals surface area contributed by atoms with Crippen molar-refractivity contribution in [3.8, 4) is 0 Å². The molecule has 2 N–H and O–H groups in total. The first-order valence-corrected chi connectivity index (χ1v) is 10.6. The zero-order valence-electron chi connectivity index (χ0n) is 16.2. The second-order valence-electron chi connectivity index (χ2n) is 8.25. The summed E-state index contributed by atoms with van der Waals surface area (Å²) in [5.74, 6) is 1.34. The van der Waals surface area contributed by atoms with E-state index in [1.54, 1.807) is 0 Å². The number of piperidine rings is 2. The third-order valence-corrected chi connectivity index (χ3v) is 6.45. The molecule has 154 valence electrons. The molecular weight excluding hydrogens is 369 g/mol. The molecule has 0 aromatic rings. The van der Waals surface area contributed by atoms with Crippen LogP contribution in [0, 0.1) is 11.8 Å². The van der Waals surface area contributed by atoms with Crippen molar-refractivity contribution < 1.29 is 4.79 Å². The van der Waals surface area contributed by atoms with Crippen molar-refractivity contribution in [2.45, 2.75) is 76.7 Å². The van der Waals surface area contributed by atoms with E-state index in [0.717, 1.165) is 44.4 Å². The smallest absolute Gasteiger partial charge is 0.223 e. The Morgan fingerprint density at radius 3 is 2.31 bits per heavy atom. The fraction of sp³-hybridized carbons (Fsp3) is 0.950. The molecule has 3 aliphatic rings. The largest absolute Gasteiger partial charge is 0.356 e. The lowest BCUT2D eigenvalue weighted by Crippen LogP contribution is -2.43. The van der Waals surface area contributed by atoms with Gasteiger partial charge in [0.2, 0.25) is 5.91 Å². The molecule has 1 aliphatic carbocycles. The number of hydrogen-bond donors (Lipinski definition) is 2. The van der Waals surface area contributed by atoms with Crippen LogP contribution in [0.1, 0.15) is 70.6 Å². The van der Waals surface area contributed by atoms with Gasteiger partial charge in [-0.25, -0.2) is 0 Å². The van der Waals surface area contributed by atoms with Gasteiger partial charge in [-0.3, -0.25) is 4.79 Å². The Hall–Kier alpha value is -0.0300. The van der Waals surface area contributed by atoms with Gasteiger partial charge in [0.25, 0.3) is 0 Å². The van der Waals surface area contributed by atoms with Crippen molar-refractivity contribution in [3.63, 3.8) is 0 Å². The third kappa shape index (κ3) is 7.53. The lowest BCUT2D eigenvalue weighted by atomic mass is 9.92. The number of rotatable bonds is 5. The molecule has 1 saturated carbocycles. The highest BCUT2D eigenvalue weighted by molar-refractivity contribution is 5.85. The third-order valence-electron chi connectivity index (χ3n) is 6.45. The molecule has 2 saturated heterocycles. The monoisotopic (exact) mass is 407 g/mol. The molecule has 3 fully saturated rings. The highest BCUT2D eigenvalue weighted by Gasteiger charge is 2.26. The van der Waals surface area contributed by atoms with Crippen molar-refractivity contribution in [1.82, 2.24) is 15.5 Å². The number of likely N-dealkylation sites (tertiary alicyclic amines) is 1. The van der Waals surface area contributed by atoms with Gasteiger partial charge in [0, 0.05) is 25.0 Å². The Morgan fingerprint density at radius 2 is 1.62 bits per heavy atom. The van der Waals surface area contributed by atoms with Gasteiger partial charge in [-0.1, -0.05) is 25.7 Å². The quantitative estimate of drug-likeness (QED) is 0.681. The maximum absolute atomic E-state index is 12.2. The maximum Gasteiger partial charge on any atom is 0.223 e. The normalized spacial score (nSPS) is 26.2. The van der Waals surface area contributed by atoms with Crippen LogP contribution in [-0.4, -0.2) is 49.6 Å². The molecule has 3 rings (SSSR count). The van der Waals surface area contributed by atoms with Gasteiger partial charge in [-0.15, -0.1) is 24.8 Å². The highest BCUT2D eigenvalue weighted by atomic mass is 35.5. The topological polar surface area (TPSA) is 44.4 Å². The Kier molecular flexibility index (Phi) is 12.2. The molecule has 1 unspecified atom stereocenters. The molecular formula is C20H39Cl2N3O. The van der Waals surface area contributed by atoms with Gasteiger partial charge in [0.05, 0.1) is 0 Å². The Labute approximate surface area is 172 Å². The van der Waals surface area contributed by atoms with Crippen molar-refractivity contribution in [2.75, 3.05) is 32.7 Å². The van der Waals surface area contributed by atoms with E-state index in [1.165, 1.54) is 70.9 Å². The minimum atomic E-state index is 0. The van der Waals surface area contributed by atoms with Gasteiger partial charge in [-0.05, 0) is 70.5 Å². The van der Waals surface area contributed by atoms with E-state index in [9.17, 15) is 4.79 Å². The summed E-state index contributed by atoms with van der Waals surface area (Å²) < 4.78 is 0.